The molecule has 10 N–H and O–H groups in total. The lowest BCUT2D eigenvalue weighted by Gasteiger charge is -2.08. The van der Waals surface area contributed by atoms with Crippen LogP contribution in [0.2, 0.25) is 0 Å². The minimum Gasteiger partial charge on any atom is -0.473 e. The van der Waals surface area contributed by atoms with Crippen LogP contribution >= 0.6 is 22.7 Å². The Morgan fingerprint density at radius 2 is 0.815 bits per heavy atom. The zero-order chi connectivity index (χ0) is 38.7. The Morgan fingerprint density at radius 3 is 1.15 bits per heavy atom. The Morgan fingerprint density at radius 1 is 0.463 bits per heavy atom. The van der Waals surface area contributed by atoms with Crippen LogP contribution in [-0.2, 0) is 9.59 Å². The Bertz CT molecular complexity index is 2040. The number of hydrogen-bond donors (Lipinski definition) is 8. The van der Waals surface area contributed by atoms with Crippen molar-refractivity contribution in [2.24, 2.45) is 21.5 Å². The number of benzene rings is 4. The van der Waals surface area contributed by atoms with Crippen molar-refractivity contribution < 1.29 is 29.4 Å². The van der Waals surface area contributed by atoms with Crippen LogP contribution < -0.4 is 32.7 Å². The number of aliphatic carboxylic acids is 2. The Kier molecular flexibility index (Phi) is 15.0. The van der Waals surface area contributed by atoms with Gasteiger partial charge in [-0.3, -0.25) is 0 Å². The van der Waals surface area contributed by atoms with Crippen molar-refractivity contribution in [3.63, 3.8) is 0 Å². The lowest BCUT2D eigenvalue weighted by Crippen LogP contribution is -2.19. The second kappa shape index (κ2) is 20.5. The Hall–Kier alpha value is -7.30. The predicted octanol–water partition coefficient (Wildman–Crippen LogP) is 8.01. The first-order chi connectivity index (χ1) is 26.0. The van der Waals surface area contributed by atoms with Crippen LogP contribution in [0.25, 0.3) is 0 Å². The first-order valence-corrected chi connectivity index (χ1v) is 17.5. The molecule has 0 aliphatic carbocycles. The van der Waals surface area contributed by atoms with E-state index in [-0.39, 0.29) is 12.1 Å². The predicted molar refractivity (Wildman–Crippen MR) is 216 cm³/mol. The van der Waals surface area contributed by atoms with E-state index >= 15 is 0 Å². The largest absolute Gasteiger partial charge is 0.473 e. The van der Waals surface area contributed by atoms with Gasteiger partial charge in [-0.05, 0) is 83.6 Å². The van der Waals surface area contributed by atoms with Crippen molar-refractivity contribution in [1.82, 2.24) is 0 Å². The number of amidine groups is 2. The summed E-state index contributed by atoms with van der Waals surface area (Å²) >= 11 is 3.06. The van der Waals surface area contributed by atoms with E-state index in [1.165, 1.54) is 22.7 Å². The van der Waals surface area contributed by atoms with E-state index in [2.05, 4.69) is 31.3 Å². The maximum absolute atomic E-state index is 12.0. The highest BCUT2D eigenvalue weighted by Gasteiger charge is 2.06. The zero-order valence-corrected chi connectivity index (χ0v) is 29.9. The van der Waals surface area contributed by atoms with Crippen LogP contribution in [-0.4, -0.2) is 45.9 Å². The van der Waals surface area contributed by atoms with E-state index < -0.39 is 11.9 Å². The molecule has 4 aromatic carbocycles. The summed E-state index contributed by atoms with van der Waals surface area (Å²) in [6, 6.07) is 40.0. The van der Waals surface area contributed by atoms with Crippen LogP contribution in [0.5, 0.6) is 0 Å². The van der Waals surface area contributed by atoms with Gasteiger partial charge in [-0.2, -0.15) is 0 Å². The number of carbonyl (C=O) groups is 4. The molecule has 0 aliphatic heterocycles. The number of hydrogen-bond acceptors (Lipinski definition) is 8. The fourth-order valence-electron chi connectivity index (χ4n) is 4.17. The molecule has 2 heterocycles. The molecular weight excluding hydrogens is 729 g/mol. The molecule has 4 amide bonds. The molecular formula is C38H34N8O6S2. The van der Waals surface area contributed by atoms with Crippen molar-refractivity contribution in [3.8, 4) is 0 Å². The highest BCUT2D eigenvalue weighted by atomic mass is 32.1. The summed E-state index contributed by atoms with van der Waals surface area (Å²) in [5, 5.41) is 29.8. The molecule has 2 aromatic heterocycles. The molecule has 54 heavy (non-hydrogen) atoms. The maximum atomic E-state index is 12.0. The number of nitrogens with zero attached hydrogens (tertiary/aromatic N) is 2. The van der Waals surface area contributed by atoms with Gasteiger partial charge in [-0.25, -0.2) is 29.2 Å². The molecule has 0 aliphatic rings. The van der Waals surface area contributed by atoms with Gasteiger partial charge in [-0.1, -0.05) is 60.7 Å². The summed E-state index contributed by atoms with van der Waals surface area (Å²) in [5.74, 6) is -2.74. The number of urea groups is 2. The SMILES string of the molecule is NC(=Nc1cccc(NC(=O)Nc2ccccc2)c1)c1cccs1.NC(=Nc1cccc(NC(=O)Nc2ccccc2)c1)c1cccs1.O=C(O)C(=O)O. The van der Waals surface area contributed by atoms with Crippen molar-refractivity contribution in [1.29, 1.82) is 0 Å². The standard InChI is InChI=1S/2C18H16N4OS.C2H2O4/c2*19-17(16-10-5-11-24-16)20-14-8-4-9-15(12-14)22-18(23)21-13-6-2-1-3-7-13;3-1(4)2(5)6/h2*1-12H,(H2,19,20)(H2,21,22,23);(H,3,4)(H,5,6). The van der Waals surface area contributed by atoms with Gasteiger partial charge in [0.25, 0.3) is 0 Å². The van der Waals surface area contributed by atoms with E-state index in [1.54, 1.807) is 24.3 Å². The summed E-state index contributed by atoms with van der Waals surface area (Å²) < 4.78 is 0. The third kappa shape index (κ3) is 13.8. The van der Waals surface area contributed by atoms with Gasteiger partial charge in [0.1, 0.15) is 11.7 Å². The smallest absolute Gasteiger partial charge is 0.414 e. The number of aliphatic imine (C=N–C) groups is 2. The number of rotatable bonds is 8. The number of nitrogens with two attached hydrogens (primary N) is 2. The summed E-state index contributed by atoms with van der Waals surface area (Å²) in [7, 11) is 0. The number of carbonyl (C=O) groups excluding carboxylic acids is 2. The highest BCUT2D eigenvalue weighted by molar-refractivity contribution is 7.12. The van der Waals surface area contributed by atoms with Crippen LogP contribution in [0.4, 0.5) is 43.7 Å². The number of para-hydroxylation sites is 2. The van der Waals surface area contributed by atoms with E-state index in [0.29, 0.717) is 34.4 Å². The van der Waals surface area contributed by atoms with Gasteiger partial charge in [0.05, 0.1) is 21.1 Å². The van der Waals surface area contributed by atoms with Crippen LogP contribution in [0, 0.1) is 0 Å². The van der Waals surface area contributed by atoms with Gasteiger partial charge < -0.3 is 42.9 Å². The number of amides is 4. The van der Waals surface area contributed by atoms with Crippen LogP contribution in [0.15, 0.2) is 154 Å². The fourth-order valence-corrected chi connectivity index (χ4v) is 5.43. The molecule has 0 bridgehead atoms. The summed E-state index contributed by atoms with van der Waals surface area (Å²) in [6.45, 7) is 0. The molecule has 0 saturated heterocycles. The van der Waals surface area contributed by atoms with Crippen LogP contribution in [0.3, 0.4) is 0 Å². The van der Waals surface area contributed by atoms with Crippen LogP contribution in [0.1, 0.15) is 9.75 Å². The summed E-state index contributed by atoms with van der Waals surface area (Å²) in [6.07, 6.45) is 0. The first kappa shape index (κ1) is 39.5. The van der Waals surface area contributed by atoms with Gasteiger partial charge in [0.15, 0.2) is 0 Å². The second-order valence-corrected chi connectivity index (χ2v) is 12.4. The quantitative estimate of drug-likeness (QED) is 0.0429. The molecule has 0 spiro atoms. The lowest BCUT2D eigenvalue weighted by molar-refractivity contribution is -0.159. The van der Waals surface area contributed by atoms with Gasteiger partial charge in [0, 0.05) is 22.7 Å². The molecule has 14 nitrogen and oxygen atoms in total. The highest BCUT2D eigenvalue weighted by Crippen LogP contribution is 2.21. The third-order valence-corrected chi connectivity index (χ3v) is 8.29. The van der Waals surface area contributed by atoms with Gasteiger partial charge >= 0.3 is 24.0 Å². The van der Waals surface area contributed by atoms with E-state index in [9.17, 15) is 9.59 Å². The minimum atomic E-state index is -1.82. The maximum Gasteiger partial charge on any atom is 0.414 e. The van der Waals surface area contributed by atoms with Crippen molar-refractivity contribution >= 4 is 92.5 Å². The average molecular weight is 763 g/mol. The number of thiophene rings is 2. The fraction of sp³-hybridized carbons (Fsp3) is 0. The van der Waals surface area contributed by atoms with E-state index in [4.69, 9.17) is 31.3 Å². The molecule has 274 valence electrons. The minimum absolute atomic E-state index is 0.312. The molecule has 6 aromatic rings. The molecule has 6 rings (SSSR count). The van der Waals surface area contributed by atoms with Gasteiger partial charge in [-0.15, -0.1) is 22.7 Å². The molecule has 0 saturated carbocycles. The normalized spacial score (nSPS) is 10.7. The number of nitrogens with one attached hydrogen (secondary N) is 4. The molecule has 0 atom stereocenters. The topological polar surface area (TPSA) is 234 Å². The van der Waals surface area contributed by atoms with E-state index in [1.807, 2.05) is 120 Å². The van der Waals surface area contributed by atoms with Gasteiger partial charge in [0.2, 0.25) is 0 Å². The monoisotopic (exact) mass is 762 g/mol. The third-order valence-electron chi connectivity index (χ3n) is 6.50. The second-order valence-electron chi connectivity index (χ2n) is 10.5. The molecule has 0 radical (unpaired) electrons. The lowest BCUT2D eigenvalue weighted by atomic mass is 10.3. The summed E-state index contributed by atoms with van der Waals surface area (Å²) in [5.41, 5.74) is 16.1. The molecule has 16 heteroatoms. The van der Waals surface area contributed by atoms with E-state index in [0.717, 1.165) is 21.1 Å². The van der Waals surface area contributed by atoms with Crippen molar-refractivity contribution in [2.75, 3.05) is 21.3 Å². The first-order valence-electron chi connectivity index (χ1n) is 15.7. The average Bonchev–Trinajstić information content (AvgIpc) is 3.90. The number of carboxylic acids is 2. The Balaban J connectivity index is 0.000000209. The summed E-state index contributed by atoms with van der Waals surface area (Å²) in [4.78, 5) is 52.8. The zero-order valence-electron chi connectivity index (χ0n) is 28.2. The Labute approximate surface area is 317 Å². The number of anilines is 4. The van der Waals surface area contributed by atoms with Crippen molar-refractivity contribution in [3.05, 3.63) is 154 Å². The molecule has 0 fully saturated rings. The number of carboxylic acid groups (broad SMARTS) is 2. The molecule has 0 unspecified atom stereocenters. The van der Waals surface area contributed by atoms with Crippen molar-refractivity contribution in [2.45, 2.75) is 0 Å².